The maximum absolute atomic E-state index is 12.6. The second kappa shape index (κ2) is 5.74. The lowest BCUT2D eigenvalue weighted by molar-refractivity contribution is -0.137. The number of benzene rings is 1. The van der Waals surface area contributed by atoms with Gasteiger partial charge in [-0.3, -0.25) is 0 Å². The van der Waals surface area contributed by atoms with E-state index < -0.39 is 11.7 Å². The van der Waals surface area contributed by atoms with Crippen LogP contribution in [-0.2, 0) is 6.18 Å². The smallest absolute Gasteiger partial charge is 0.382 e. The summed E-state index contributed by atoms with van der Waals surface area (Å²) in [6, 6.07) is 5.25. The molecular formula is C15H17F3N2. The molecule has 0 spiro atoms. The third kappa shape index (κ3) is 3.44. The molecule has 1 saturated carbocycles. The van der Waals surface area contributed by atoms with Gasteiger partial charge in [0.1, 0.15) is 6.07 Å². The van der Waals surface area contributed by atoms with E-state index in [1.807, 2.05) is 13.0 Å². The van der Waals surface area contributed by atoms with Gasteiger partial charge >= 0.3 is 6.18 Å². The van der Waals surface area contributed by atoms with Crippen molar-refractivity contribution in [1.82, 2.24) is 0 Å². The van der Waals surface area contributed by atoms with Crippen LogP contribution in [0.3, 0.4) is 0 Å². The van der Waals surface area contributed by atoms with Crippen molar-refractivity contribution in [2.24, 2.45) is 5.92 Å². The molecule has 1 fully saturated rings. The highest BCUT2D eigenvalue weighted by Crippen LogP contribution is 2.33. The SMILES string of the molecule is CC(CC1CCC1)Nc1ccc(C(F)(F)F)cc1C#N. The molecule has 0 aliphatic heterocycles. The van der Waals surface area contributed by atoms with Crippen molar-refractivity contribution in [2.45, 2.75) is 44.8 Å². The number of rotatable bonds is 4. The van der Waals surface area contributed by atoms with Gasteiger partial charge in [0.05, 0.1) is 16.8 Å². The van der Waals surface area contributed by atoms with E-state index in [-0.39, 0.29) is 11.6 Å². The minimum absolute atomic E-state index is 0.0419. The third-order valence-electron chi connectivity index (χ3n) is 3.78. The van der Waals surface area contributed by atoms with Gasteiger partial charge in [0.25, 0.3) is 0 Å². The zero-order valence-corrected chi connectivity index (χ0v) is 11.3. The first-order valence-electron chi connectivity index (χ1n) is 6.78. The van der Waals surface area contributed by atoms with Gasteiger partial charge in [-0.2, -0.15) is 18.4 Å². The van der Waals surface area contributed by atoms with Crippen molar-refractivity contribution in [1.29, 1.82) is 5.26 Å². The number of hydrogen-bond donors (Lipinski definition) is 1. The van der Waals surface area contributed by atoms with Crippen LogP contribution in [0, 0.1) is 17.2 Å². The summed E-state index contributed by atoms with van der Waals surface area (Å²) in [6.45, 7) is 2.00. The maximum Gasteiger partial charge on any atom is 0.416 e. The lowest BCUT2D eigenvalue weighted by Crippen LogP contribution is -2.23. The number of nitriles is 1. The molecule has 1 aliphatic carbocycles. The van der Waals surface area contributed by atoms with Gasteiger partial charge in [0.15, 0.2) is 0 Å². The molecule has 0 amide bonds. The number of anilines is 1. The molecule has 1 aliphatic rings. The molecular weight excluding hydrogens is 265 g/mol. The summed E-state index contributed by atoms with van der Waals surface area (Å²) in [7, 11) is 0. The Balaban J connectivity index is 2.09. The van der Waals surface area contributed by atoms with E-state index >= 15 is 0 Å². The van der Waals surface area contributed by atoms with Crippen LogP contribution in [0.1, 0.15) is 43.7 Å². The van der Waals surface area contributed by atoms with Crippen molar-refractivity contribution in [2.75, 3.05) is 5.32 Å². The normalized spacial score (nSPS) is 17.1. The summed E-state index contributed by atoms with van der Waals surface area (Å²) in [5.74, 6) is 0.706. The first-order valence-corrected chi connectivity index (χ1v) is 6.78. The summed E-state index contributed by atoms with van der Waals surface area (Å²) in [6.07, 6.45) is 0.295. The van der Waals surface area contributed by atoms with Gasteiger partial charge in [-0.25, -0.2) is 0 Å². The molecule has 20 heavy (non-hydrogen) atoms. The number of nitrogens with zero attached hydrogens (tertiary/aromatic N) is 1. The Labute approximate surface area is 116 Å². The van der Waals surface area contributed by atoms with Crippen LogP contribution < -0.4 is 5.32 Å². The molecule has 0 heterocycles. The topological polar surface area (TPSA) is 35.8 Å². The Morgan fingerprint density at radius 3 is 2.60 bits per heavy atom. The molecule has 0 aromatic heterocycles. The summed E-state index contributed by atoms with van der Waals surface area (Å²) >= 11 is 0. The molecule has 1 aromatic rings. The number of alkyl halides is 3. The van der Waals surface area contributed by atoms with Crippen LogP contribution in [0.25, 0.3) is 0 Å². The lowest BCUT2D eigenvalue weighted by atomic mass is 9.81. The second-order valence-corrected chi connectivity index (χ2v) is 5.45. The lowest BCUT2D eigenvalue weighted by Gasteiger charge is -2.29. The molecule has 1 atom stereocenters. The van der Waals surface area contributed by atoms with Gasteiger partial charge < -0.3 is 5.32 Å². The van der Waals surface area contributed by atoms with Crippen molar-refractivity contribution in [3.63, 3.8) is 0 Å². The van der Waals surface area contributed by atoms with E-state index in [0.717, 1.165) is 18.6 Å². The highest BCUT2D eigenvalue weighted by Gasteiger charge is 2.31. The van der Waals surface area contributed by atoms with Crippen LogP contribution >= 0.6 is 0 Å². The third-order valence-corrected chi connectivity index (χ3v) is 3.78. The molecule has 108 valence electrons. The van der Waals surface area contributed by atoms with Gasteiger partial charge in [-0.1, -0.05) is 19.3 Å². The van der Waals surface area contributed by atoms with Crippen LogP contribution in [0.15, 0.2) is 18.2 Å². The Morgan fingerprint density at radius 1 is 1.40 bits per heavy atom. The van der Waals surface area contributed by atoms with Crippen LogP contribution in [-0.4, -0.2) is 6.04 Å². The Morgan fingerprint density at radius 2 is 2.10 bits per heavy atom. The quantitative estimate of drug-likeness (QED) is 0.878. The van der Waals surface area contributed by atoms with Crippen LogP contribution in [0.4, 0.5) is 18.9 Å². The van der Waals surface area contributed by atoms with Crippen LogP contribution in [0.5, 0.6) is 0 Å². The maximum atomic E-state index is 12.6. The van der Waals surface area contributed by atoms with Crippen LogP contribution in [0.2, 0.25) is 0 Å². The molecule has 1 N–H and O–H groups in total. The predicted octanol–water partition coefficient (Wildman–Crippen LogP) is 4.57. The summed E-state index contributed by atoms with van der Waals surface area (Å²) in [4.78, 5) is 0. The van der Waals surface area contributed by atoms with Crippen molar-refractivity contribution in [3.8, 4) is 6.07 Å². The Kier molecular flexibility index (Phi) is 4.22. The minimum Gasteiger partial charge on any atom is -0.382 e. The molecule has 1 unspecified atom stereocenters. The molecule has 2 rings (SSSR count). The van der Waals surface area contributed by atoms with Gasteiger partial charge in [-0.05, 0) is 37.5 Å². The summed E-state index contributed by atoms with van der Waals surface area (Å²) in [5, 5.41) is 12.2. The van der Waals surface area contributed by atoms with Crippen molar-refractivity contribution < 1.29 is 13.2 Å². The molecule has 1 aromatic carbocycles. The van der Waals surface area contributed by atoms with Gasteiger partial charge in [0, 0.05) is 6.04 Å². The Bertz CT molecular complexity index is 513. The van der Waals surface area contributed by atoms with Crippen molar-refractivity contribution in [3.05, 3.63) is 29.3 Å². The monoisotopic (exact) mass is 282 g/mol. The van der Waals surface area contributed by atoms with E-state index in [9.17, 15) is 13.2 Å². The van der Waals surface area contributed by atoms with E-state index in [1.165, 1.54) is 25.3 Å². The molecule has 2 nitrogen and oxygen atoms in total. The number of hydrogen-bond acceptors (Lipinski definition) is 2. The molecule has 0 radical (unpaired) electrons. The first kappa shape index (κ1) is 14.7. The minimum atomic E-state index is -4.42. The Hall–Kier alpha value is -1.70. The zero-order valence-electron chi connectivity index (χ0n) is 11.3. The fraction of sp³-hybridized carbons (Fsp3) is 0.533. The van der Waals surface area contributed by atoms with E-state index in [1.54, 1.807) is 0 Å². The molecule has 0 bridgehead atoms. The highest BCUT2D eigenvalue weighted by atomic mass is 19.4. The fourth-order valence-electron chi connectivity index (χ4n) is 2.49. The molecule has 0 saturated heterocycles. The highest BCUT2D eigenvalue weighted by molar-refractivity contribution is 5.59. The summed E-state index contributed by atoms with van der Waals surface area (Å²) < 4.78 is 37.8. The number of nitrogens with one attached hydrogen (secondary N) is 1. The van der Waals surface area contributed by atoms with E-state index in [4.69, 9.17) is 5.26 Å². The van der Waals surface area contributed by atoms with Gasteiger partial charge in [-0.15, -0.1) is 0 Å². The van der Waals surface area contributed by atoms with Crippen molar-refractivity contribution >= 4 is 5.69 Å². The second-order valence-electron chi connectivity index (χ2n) is 5.45. The zero-order chi connectivity index (χ0) is 14.8. The number of halogens is 3. The fourth-order valence-corrected chi connectivity index (χ4v) is 2.49. The summed E-state index contributed by atoms with van der Waals surface area (Å²) in [5.41, 5.74) is -0.265. The van der Waals surface area contributed by atoms with E-state index in [2.05, 4.69) is 5.32 Å². The standard InChI is InChI=1S/C15H17F3N2/c1-10(7-11-3-2-4-11)20-14-6-5-13(15(16,17)18)8-12(14)9-19/h5-6,8,10-11,20H,2-4,7H2,1H3. The van der Waals surface area contributed by atoms with Gasteiger partial charge in [0.2, 0.25) is 0 Å². The average Bonchev–Trinajstić information content (AvgIpc) is 2.33. The first-order chi connectivity index (χ1) is 9.40. The predicted molar refractivity (Wildman–Crippen MR) is 71.2 cm³/mol. The van der Waals surface area contributed by atoms with E-state index in [0.29, 0.717) is 11.6 Å². The largest absolute Gasteiger partial charge is 0.416 e. The average molecular weight is 282 g/mol. The molecule has 5 heteroatoms.